The zero-order valence-corrected chi connectivity index (χ0v) is 30.0. The second kappa shape index (κ2) is 19.5. The van der Waals surface area contributed by atoms with Crippen LogP contribution in [0.4, 0.5) is 26.4 Å². The number of carboxylic acids is 1. The Morgan fingerprint density at radius 1 is 0.852 bits per heavy atom. The van der Waals surface area contributed by atoms with E-state index >= 15 is 0 Å². The highest BCUT2D eigenvalue weighted by molar-refractivity contribution is 6.05. The van der Waals surface area contributed by atoms with Crippen molar-refractivity contribution in [2.24, 2.45) is 5.73 Å². The number of carboxylic acid groups (broad SMARTS) is 1. The summed E-state index contributed by atoms with van der Waals surface area (Å²) in [6.45, 7) is 2.05. The molecule has 0 aliphatic heterocycles. The van der Waals surface area contributed by atoms with Gasteiger partial charge in [-0.1, -0.05) is 43.2 Å². The van der Waals surface area contributed by atoms with Gasteiger partial charge in [-0.05, 0) is 79.6 Å². The summed E-state index contributed by atoms with van der Waals surface area (Å²) >= 11 is 0. The van der Waals surface area contributed by atoms with Crippen LogP contribution < -0.4 is 32.7 Å². The molecule has 0 radical (unpaired) electrons. The predicted octanol–water partition coefficient (Wildman–Crippen LogP) is 5.09. The Balaban J connectivity index is 1.18. The van der Waals surface area contributed by atoms with Crippen LogP contribution in [-0.2, 0) is 19.2 Å². The molecule has 3 aromatic carbocycles. The monoisotopic (exact) mass is 744 g/mol. The third-order valence-electron chi connectivity index (χ3n) is 8.55. The number of aliphatic carboxylic acids is 1. The molecule has 0 fully saturated rings. The molecule has 54 heavy (non-hydrogen) atoms. The van der Waals surface area contributed by atoms with E-state index in [-0.39, 0.29) is 62.0 Å². The minimum Gasteiger partial charge on any atom is -0.480 e. The van der Waals surface area contributed by atoms with E-state index in [0.717, 1.165) is 29.5 Å². The van der Waals surface area contributed by atoms with Gasteiger partial charge in [0.05, 0.1) is 16.6 Å². The van der Waals surface area contributed by atoms with E-state index in [2.05, 4.69) is 26.4 Å². The zero-order valence-electron chi connectivity index (χ0n) is 30.0. The number of nitrogens with two attached hydrogens (primary N) is 2. The number of carbonyl (C=O) groups is 6. The molecule has 1 aromatic heterocycles. The van der Waals surface area contributed by atoms with Gasteiger partial charge in [0.15, 0.2) is 5.82 Å². The van der Waals surface area contributed by atoms with Gasteiger partial charge in [-0.25, -0.2) is 14.0 Å². The summed E-state index contributed by atoms with van der Waals surface area (Å²) in [5.41, 5.74) is 14.8. The molecular formula is C38H45FN8O7. The summed E-state index contributed by atoms with van der Waals surface area (Å²) < 4.78 is 15.4. The molecule has 9 N–H and O–H groups in total. The van der Waals surface area contributed by atoms with Crippen molar-refractivity contribution in [3.05, 3.63) is 72.0 Å². The number of urea groups is 1. The SMILES string of the molecule is Cc1ccc(F)c(NC(=O)Nc2ccc(-c3cccc4c3c(N)nn4C(=O)CCCCCCC(=O)NCCCC(=O)N[C@@H](CCC(N)=O)C(=O)O)cc2)c1. The van der Waals surface area contributed by atoms with E-state index in [0.29, 0.717) is 35.9 Å². The number of primary amides is 1. The first-order chi connectivity index (χ1) is 25.8. The van der Waals surface area contributed by atoms with E-state index < -0.39 is 35.7 Å². The summed E-state index contributed by atoms with van der Waals surface area (Å²) in [5, 5.41) is 24.4. The Kier molecular flexibility index (Phi) is 14.6. The molecule has 0 saturated carbocycles. The molecule has 0 aliphatic carbocycles. The maximum Gasteiger partial charge on any atom is 0.326 e. The molecule has 4 rings (SSSR count). The van der Waals surface area contributed by atoms with E-state index in [1.54, 1.807) is 49.4 Å². The summed E-state index contributed by atoms with van der Waals surface area (Å²) in [6.07, 6.45) is 3.25. The molecule has 0 unspecified atom stereocenters. The molecule has 286 valence electrons. The van der Waals surface area contributed by atoms with E-state index in [1.165, 1.54) is 10.7 Å². The van der Waals surface area contributed by atoms with Crippen molar-refractivity contribution in [1.29, 1.82) is 0 Å². The number of amides is 5. The van der Waals surface area contributed by atoms with Crippen molar-refractivity contribution >= 4 is 63.7 Å². The molecule has 16 heteroatoms. The highest BCUT2D eigenvalue weighted by Crippen LogP contribution is 2.33. The topological polar surface area (TPSA) is 241 Å². The van der Waals surface area contributed by atoms with E-state index in [9.17, 15) is 38.3 Å². The number of aromatic nitrogens is 2. The van der Waals surface area contributed by atoms with Crippen LogP contribution in [0.1, 0.15) is 74.6 Å². The lowest BCUT2D eigenvalue weighted by Crippen LogP contribution is -2.41. The van der Waals surface area contributed by atoms with Crippen LogP contribution in [0.25, 0.3) is 22.0 Å². The molecule has 15 nitrogen and oxygen atoms in total. The van der Waals surface area contributed by atoms with Gasteiger partial charge in [0.1, 0.15) is 11.9 Å². The number of nitrogen functional groups attached to an aromatic ring is 1. The molecule has 0 saturated heterocycles. The van der Waals surface area contributed by atoms with Gasteiger partial charge < -0.3 is 37.8 Å². The number of unbranched alkanes of at least 4 members (excludes halogenated alkanes) is 3. The molecular weight excluding hydrogens is 699 g/mol. The molecule has 4 aromatic rings. The number of aryl methyl sites for hydroxylation is 1. The molecule has 5 amide bonds. The number of benzene rings is 3. The number of rotatable bonds is 19. The maximum absolute atomic E-state index is 14.1. The molecule has 0 aliphatic rings. The van der Waals surface area contributed by atoms with Crippen LogP contribution in [0, 0.1) is 12.7 Å². The fourth-order valence-corrected chi connectivity index (χ4v) is 5.78. The number of halogens is 1. The Morgan fingerprint density at radius 3 is 2.26 bits per heavy atom. The Hall–Kier alpha value is -6.32. The maximum atomic E-state index is 14.1. The van der Waals surface area contributed by atoms with Crippen LogP contribution >= 0.6 is 0 Å². The zero-order chi connectivity index (χ0) is 39.2. The lowest BCUT2D eigenvalue weighted by atomic mass is 10.0. The van der Waals surface area contributed by atoms with Gasteiger partial charge in [0, 0.05) is 37.9 Å². The number of hydrogen-bond donors (Lipinski definition) is 7. The van der Waals surface area contributed by atoms with Crippen LogP contribution in [0.5, 0.6) is 0 Å². The fraction of sp³-hybridized carbons (Fsp3) is 0.342. The normalized spacial score (nSPS) is 11.4. The molecule has 0 spiro atoms. The predicted molar refractivity (Wildman–Crippen MR) is 202 cm³/mol. The second-order valence-corrected chi connectivity index (χ2v) is 12.9. The third kappa shape index (κ3) is 11.9. The quantitative estimate of drug-likeness (QED) is 0.0632. The number of fused-ring (bicyclic) bond motifs is 1. The average molecular weight is 745 g/mol. The first kappa shape index (κ1) is 40.5. The van der Waals surface area contributed by atoms with Crippen LogP contribution in [0.15, 0.2) is 60.7 Å². The Labute approximate surface area is 311 Å². The van der Waals surface area contributed by atoms with Gasteiger partial charge in [-0.15, -0.1) is 5.10 Å². The fourth-order valence-electron chi connectivity index (χ4n) is 5.78. The third-order valence-corrected chi connectivity index (χ3v) is 8.55. The summed E-state index contributed by atoms with van der Waals surface area (Å²) in [4.78, 5) is 72.0. The largest absolute Gasteiger partial charge is 0.480 e. The number of nitrogens with one attached hydrogen (secondary N) is 4. The smallest absolute Gasteiger partial charge is 0.326 e. The van der Waals surface area contributed by atoms with Gasteiger partial charge in [-0.2, -0.15) is 4.68 Å². The number of nitrogens with zero attached hydrogens (tertiary/aromatic N) is 2. The lowest BCUT2D eigenvalue weighted by molar-refractivity contribution is -0.142. The van der Waals surface area contributed by atoms with Crippen LogP contribution in [0.3, 0.4) is 0 Å². The summed E-state index contributed by atoms with van der Waals surface area (Å²) in [5.74, 6) is -3.13. The van der Waals surface area contributed by atoms with E-state index in [4.69, 9.17) is 11.5 Å². The van der Waals surface area contributed by atoms with Crippen molar-refractivity contribution in [3.8, 4) is 11.1 Å². The molecule has 1 heterocycles. The summed E-state index contributed by atoms with van der Waals surface area (Å²) in [7, 11) is 0. The average Bonchev–Trinajstić information content (AvgIpc) is 3.48. The van der Waals surface area contributed by atoms with Gasteiger partial charge in [0.25, 0.3) is 0 Å². The van der Waals surface area contributed by atoms with Crippen molar-refractivity contribution < 1.29 is 38.3 Å². The van der Waals surface area contributed by atoms with Crippen LogP contribution in [-0.4, -0.2) is 63.1 Å². The van der Waals surface area contributed by atoms with Gasteiger partial charge in [-0.3, -0.25) is 19.2 Å². The van der Waals surface area contributed by atoms with Crippen molar-refractivity contribution in [2.75, 3.05) is 22.9 Å². The minimum atomic E-state index is -1.25. The molecule has 1 atom stereocenters. The van der Waals surface area contributed by atoms with Crippen molar-refractivity contribution in [3.63, 3.8) is 0 Å². The van der Waals surface area contributed by atoms with Gasteiger partial charge >= 0.3 is 12.0 Å². The lowest BCUT2D eigenvalue weighted by Gasteiger charge is -2.13. The second-order valence-electron chi connectivity index (χ2n) is 12.9. The standard InChI is InChI=1S/C38H45FN8O7/c1-23-13-18-27(39)29(22-23)45-38(54)43-25-16-14-24(15-17-25)26-8-6-9-30-35(26)36(41)46-47(30)34(51)12-5-3-2-4-10-32(49)42-21-7-11-33(50)44-28(37(52)53)19-20-31(40)48/h6,8-9,13-18,22,28H,2-5,7,10-12,19-21H2,1H3,(H2,40,48)(H2,41,46)(H,42,49)(H,44,50)(H,52,53)(H2,43,45,54)/t28-/m0/s1. The van der Waals surface area contributed by atoms with Crippen molar-refractivity contribution in [2.45, 2.75) is 77.2 Å². The number of carbonyl (C=O) groups excluding carboxylic acids is 5. The van der Waals surface area contributed by atoms with Crippen molar-refractivity contribution in [1.82, 2.24) is 20.4 Å². The number of anilines is 3. The highest BCUT2D eigenvalue weighted by Gasteiger charge is 2.21. The summed E-state index contributed by atoms with van der Waals surface area (Å²) in [6, 6.07) is 15.1. The minimum absolute atomic E-state index is 0.0137. The van der Waals surface area contributed by atoms with Gasteiger partial charge in [0.2, 0.25) is 23.6 Å². The molecule has 0 bridgehead atoms. The first-order valence-corrected chi connectivity index (χ1v) is 17.6. The Bertz CT molecular complexity index is 2000. The highest BCUT2D eigenvalue weighted by atomic mass is 19.1. The van der Waals surface area contributed by atoms with Crippen LogP contribution in [0.2, 0.25) is 0 Å². The Morgan fingerprint density at radius 2 is 1.56 bits per heavy atom. The number of hydrogen-bond acceptors (Lipinski definition) is 8. The first-order valence-electron chi connectivity index (χ1n) is 17.6. The van der Waals surface area contributed by atoms with E-state index in [1.807, 2.05) is 12.1 Å².